The predicted molar refractivity (Wildman–Crippen MR) is 68.9 cm³/mol. The van der Waals surface area contributed by atoms with Crippen molar-refractivity contribution in [3.05, 3.63) is 10.4 Å². The Labute approximate surface area is 116 Å². The molecule has 2 aromatic heterocycles. The van der Waals surface area contributed by atoms with Crippen LogP contribution in [-0.4, -0.2) is 54.7 Å². The van der Waals surface area contributed by atoms with Crippen LogP contribution in [-0.2, 0) is 4.74 Å². The molecule has 114 valence electrons. The van der Waals surface area contributed by atoms with Gasteiger partial charge in [0.25, 0.3) is 5.56 Å². The number of nitrogens with one attached hydrogen (secondary N) is 1. The average molecular weight is 300 g/mol. The van der Waals surface area contributed by atoms with Crippen molar-refractivity contribution in [2.45, 2.75) is 24.6 Å². The average Bonchev–Trinajstić information content (AvgIpc) is 2.89. The Morgan fingerprint density at radius 3 is 2.76 bits per heavy atom. The minimum atomic E-state index is -1.87. The highest BCUT2D eigenvalue weighted by molar-refractivity contribution is 5.74. The smallest absolute Gasteiger partial charge is 0.280 e. The van der Waals surface area contributed by atoms with Gasteiger partial charge < -0.3 is 26.4 Å². The number of nitrogen functional groups attached to an aromatic ring is 2. The lowest BCUT2D eigenvalue weighted by atomic mass is 10.1. The molecule has 3 heterocycles. The van der Waals surface area contributed by atoms with E-state index in [1.807, 2.05) is 0 Å². The molecule has 7 N–H and O–H groups in total. The summed E-state index contributed by atoms with van der Waals surface area (Å²) in [6.07, 6.45) is -5.88. The van der Waals surface area contributed by atoms with E-state index in [2.05, 4.69) is 15.0 Å². The van der Waals surface area contributed by atoms with Crippen LogP contribution in [0.5, 0.6) is 0 Å². The van der Waals surface area contributed by atoms with Gasteiger partial charge in [0.1, 0.15) is 12.2 Å². The minimum absolute atomic E-state index is 0.0628. The van der Waals surface area contributed by atoms with E-state index in [9.17, 15) is 14.3 Å². The maximum absolute atomic E-state index is 14.2. The molecule has 1 aliphatic rings. The molecule has 1 saturated heterocycles. The zero-order chi connectivity index (χ0) is 15.3. The molecule has 0 amide bonds. The van der Waals surface area contributed by atoms with Crippen molar-refractivity contribution in [3.63, 3.8) is 0 Å². The number of hydrogen-bond donors (Lipinski definition) is 5. The molecule has 4 unspecified atom stereocenters. The van der Waals surface area contributed by atoms with Gasteiger partial charge in [-0.2, -0.15) is 4.98 Å². The number of imidazole rings is 1. The Morgan fingerprint density at radius 2 is 2.14 bits per heavy atom. The Morgan fingerprint density at radius 1 is 1.43 bits per heavy atom. The fraction of sp³-hybridized carbons (Fsp3) is 0.500. The number of halogens is 1. The molecular formula is C10H13FN6O4. The topological polar surface area (TPSA) is 165 Å². The quantitative estimate of drug-likeness (QED) is 0.419. The van der Waals surface area contributed by atoms with E-state index >= 15 is 0 Å². The van der Waals surface area contributed by atoms with Gasteiger partial charge in [-0.1, -0.05) is 0 Å². The van der Waals surface area contributed by atoms with Gasteiger partial charge in [-0.25, -0.2) is 9.37 Å². The van der Waals surface area contributed by atoms with Gasteiger partial charge in [0.05, 0.1) is 6.61 Å². The largest absolute Gasteiger partial charge is 0.394 e. The number of aromatic nitrogens is 4. The number of aliphatic hydroxyl groups is 2. The van der Waals surface area contributed by atoms with E-state index in [-0.39, 0.29) is 23.1 Å². The number of H-pyrrole nitrogens is 1. The van der Waals surface area contributed by atoms with E-state index in [1.54, 1.807) is 0 Å². The molecule has 10 nitrogen and oxygen atoms in total. The van der Waals surface area contributed by atoms with E-state index in [4.69, 9.17) is 21.3 Å². The molecule has 1 fully saturated rings. The first-order valence-corrected chi connectivity index (χ1v) is 6.05. The number of rotatable bonds is 2. The molecule has 1 aliphatic heterocycles. The summed E-state index contributed by atoms with van der Waals surface area (Å²) in [6.45, 7) is -0.569. The zero-order valence-electron chi connectivity index (χ0n) is 10.6. The highest BCUT2D eigenvalue weighted by atomic mass is 19.1. The molecule has 0 bridgehead atoms. The number of nitrogens with two attached hydrogens (primary N) is 2. The molecule has 0 aliphatic carbocycles. The highest BCUT2D eigenvalue weighted by Crippen LogP contribution is 2.34. The van der Waals surface area contributed by atoms with Gasteiger partial charge in [0, 0.05) is 0 Å². The third kappa shape index (κ3) is 1.93. The van der Waals surface area contributed by atoms with Crippen LogP contribution in [0.2, 0.25) is 0 Å². The van der Waals surface area contributed by atoms with Gasteiger partial charge in [-0.05, 0) is 0 Å². The number of alkyl halides is 1. The molecule has 11 heteroatoms. The van der Waals surface area contributed by atoms with Crippen LogP contribution in [0.3, 0.4) is 0 Å². The van der Waals surface area contributed by atoms with E-state index < -0.39 is 36.8 Å². The Kier molecular flexibility index (Phi) is 3.04. The first-order chi connectivity index (χ1) is 9.93. The van der Waals surface area contributed by atoms with Crippen LogP contribution in [0.15, 0.2) is 4.79 Å². The number of anilines is 2. The van der Waals surface area contributed by atoms with Gasteiger partial charge in [-0.3, -0.25) is 14.3 Å². The third-order valence-corrected chi connectivity index (χ3v) is 3.32. The summed E-state index contributed by atoms with van der Waals surface area (Å²) in [5, 5.41) is 18.7. The molecule has 4 atom stereocenters. The molecular weight excluding hydrogens is 287 g/mol. The highest BCUT2D eigenvalue weighted by Gasteiger charge is 2.46. The van der Waals surface area contributed by atoms with Crippen LogP contribution in [0.1, 0.15) is 6.23 Å². The van der Waals surface area contributed by atoms with Crippen LogP contribution >= 0.6 is 0 Å². The summed E-state index contributed by atoms with van der Waals surface area (Å²) in [6, 6.07) is 0. The first-order valence-electron chi connectivity index (χ1n) is 6.05. The van der Waals surface area contributed by atoms with Crippen LogP contribution < -0.4 is 17.0 Å². The summed E-state index contributed by atoms with van der Waals surface area (Å²) in [7, 11) is 0. The lowest BCUT2D eigenvalue weighted by Gasteiger charge is -2.16. The van der Waals surface area contributed by atoms with Crippen LogP contribution in [0, 0.1) is 0 Å². The SMILES string of the molecule is Nc1nc2c(nc(N)n2C2OC(CO)C(O)C2F)c(=O)[nH]1. The van der Waals surface area contributed by atoms with E-state index in [0.717, 1.165) is 4.57 Å². The number of nitrogens with zero attached hydrogens (tertiary/aromatic N) is 3. The lowest BCUT2D eigenvalue weighted by molar-refractivity contribution is -0.0451. The maximum Gasteiger partial charge on any atom is 0.280 e. The van der Waals surface area contributed by atoms with Crippen LogP contribution in [0.4, 0.5) is 16.3 Å². The van der Waals surface area contributed by atoms with Crippen molar-refractivity contribution >= 4 is 23.1 Å². The van der Waals surface area contributed by atoms with Crippen molar-refractivity contribution in [1.29, 1.82) is 0 Å². The Bertz CT molecular complexity index is 745. The molecule has 3 rings (SSSR count). The normalized spacial score (nSPS) is 29.3. The molecule has 0 radical (unpaired) electrons. The standard InChI is InChI=1S/C10H13FN6O4/c11-3-5(19)2(1-18)21-8(3)17-6-4(14-10(17)13)7(20)16-9(12)15-6/h2-3,5,8,18-19H,1H2,(H2,13,14)(H3,12,15,16,20). The van der Waals surface area contributed by atoms with Crippen molar-refractivity contribution in [2.75, 3.05) is 18.1 Å². The second-order valence-corrected chi connectivity index (χ2v) is 4.65. The summed E-state index contributed by atoms with van der Waals surface area (Å²) in [5.41, 5.74) is 10.3. The third-order valence-electron chi connectivity index (χ3n) is 3.32. The van der Waals surface area contributed by atoms with Crippen molar-refractivity contribution in [1.82, 2.24) is 19.5 Å². The number of ether oxygens (including phenoxy) is 1. The van der Waals surface area contributed by atoms with Gasteiger partial charge in [0.2, 0.25) is 11.9 Å². The molecule has 21 heavy (non-hydrogen) atoms. The van der Waals surface area contributed by atoms with Gasteiger partial charge in [-0.15, -0.1) is 0 Å². The van der Waals surface area contributed by atoms with Crippen molar-refractivity contribution in [3.8, 4) is 0 Å². The number of aliphatic hydroxyl groups excluding tert-OH is 2. The van der Waals surface area contributed by atoms with E-state index in [1.165, 1.54) is 0 Å². The number of fused-ring (bicyclic) bond motifs is 1. The molecule has 0 aromatic carbocycles. The summed E-state index contributed by atoms with van der Waals surface area (Å²) >= 11 is 0. The maximum atomic E-state index is 14.2. The molecule has 0 spiro atoms. The number of hydrogen-bond acceptors (Lipinski definition) is 8. The predicted octanol–water partition coefficient (Wildman–Crippen LogP) is -2.13. The molecule has 0 saturated carbocycles. The second kappa shape index (κ2) is 4.65. The summed E-state index contributed by atoms with van der Waals surface area (Å²) in [5.74, 6) is -0.409. The first kappa shape index (κ1) is 13.7. The van der Waals surface area contributed by atoms with E-state index in [0.29, 0.717) is 0 Å². The van der Waals surface area contributed by atoms with Crippen LogP contribution in [0.25, 0.3) is 11.2 Å². The minimum Gasteiger partial charge on any atom is -0.394 e. The molecule has 2 aromatic rings. The zero-order valence-corrected chi connectivity index (χ0v) is 10.6. The monoisotopic (exact) mass is 300 g/mol. The van der Waals surface area contributed by atoms with Crippen molar-refractivity contribution < 1.29 is 19.3 Å². The Balaban J connectivity index is 2.17. The lowest BCUT2D eigenvalue weighted by Crippen LogP contribution is -2.30. The Hall–Kier alpha value is -2.24. The second-order valence-electron chi connectivity index (χ2n) is 4.65. The van der Waals surface area contributed by atoms with Gasteiger partial charge in [0.15, 0.2) is 23.6 Å². The van der Waals surface area contributed by atoms with Crippen molar-refractivity contribution in [2.24, 2.45) is 0 Å². The fourth-order valence-corrected chi connectivity index (χ4v) is 2.33. The van der Waals surface area contributed by atoms with Gasteiger partial charge >= 0.3 is 0 Å². The summed E-state index contributed by atoms with van der Waals surface area (Å²) < 4.78 is 20.4. The fourth-order valence-electron chi connectivity index (χ4n) is 2.33. The summed E-state index contributed by atoms with van der Waals surface area (Å²) in [4.78, 5) is 21.6. The number of aromatic amines is 1.